The van der Waals surface area contributed by atoms with Gasteiger partial charge in [-0.25, -0.2) is 4.98 Å². The van der Waals surface area contributed by atoms with Gasteiger partial charge in [0.05, 0.1) is 13.4 Å². The van der Waals surface area contributed by atoms with Crippen LogP contribution in [0, 0.1) is 0 Å². The van der Waals surface area contributed by atoms with Gasteiger partial charge in [-0.15, -0.1) is 0 Å². The summed E-state index contributed by atoms with van der Waals surface area (Å²) in [7, 11) is 1.65. The molecule has 1 aliphatic rings. The van der Waals surface area contributed by atoms with E-state index in [1.54, 1.807) is 19.6 Å². The highest BCUT2D eigenvalue weighted by molar-refractivity contribution is 5.76. The molecule has 0 N–H and O–H groups in total. The van der Waals surface area contributed by atoms with Crippen LogP contribution >= 0.6 is 0 Å². The predicted molar refractivity (Wildman–Crippen MR) is 94.8 cm³/mol. The molecule has 3 rings (SSSR count). The molecule has 2 aromatic rings. The second-order valence-corrected chi connectivity index (χ2v) is 6.44. The molecule has 6 nitrogen and oxygen atoms in total. The minimum atomic E-state index is 0.128. The lowest BCUT2D eigenvalue weighted by molar-refractivity contribution is -0.133. The quantitative estimate of drug-likeness (QED) is 0.809. The zero-order valence-electron chi connectivity index (χ0n) is 14.8. The topological polar surface area (TPSA) is 56.6 Å². The first-order chi connectivity index (χ1) is 12.2. The summed E-state index contributed by atoms with van der Waals surface area (Å²) in [6, 6.07) is 7.76. The Morgan fingerprint density at radius 1 is 1.24 bits per heavy atom. The molecule has 0 radical (unpaired) electrons. The van der Waals surface area contributed by atoms with E-state index in [1.165, 1.54) is 0 Å². The predicted octanol–water partition coefficient (Wildman–Crippen LogP) is 2.91. The van der Waals surface area contributed by atoms with Crippen LogP contribution < -0.4 is 9.47 Å². The summed E-state index contributed by atoms with van der Waals surface area (Å²) in [6.45, 7) is 3.53. The molecule has 1 saturated heterocycles. The van der Waals surface area contributed by atoms with Gasteiger partial charge < -0.3 is 18.9 Å². The Labute approximate surface area is 148 Å². The number of benzene rings is 1. The molecule has 1 amide bonds. The van der Waals surface area contributed by atoms with E-state index in [4.69, 9.17) is 9.47 Å². The van der Waals surface area contributed by atoms with Gasteiger partial charge in [0, 0.05) is 50.8 Å². The minimum Gasteiger partial charge on any atom is -0.497 e. The molecule has 1 aromatic carbocycles. The fourth-order valence-corrected chi connectivity index (χ4v) is 3.09. The number of aromatic nitrogens is 2. The molecule has 0 bridgehead atoms. The van der Waals surface area contributed by atoms with E-state index in [9.17, 15) is 4.79 Å². The smallest absolute Gasteiger partial charge is 0.224 e. The highest BCUT2D eigenvalue weighted by atomic mass is 16.5. The van der Waals surface area contributed by atoms with E-state index in [2.05, 4.69) is 4.98 Å². The van der Waals surface area contributed by atoms with E-state index in [-0.39, 0.29) is 18.1 Å². The van der Waals surface area contributed by atoms with Crippen LogP contribution in [0.3, 0.4) is 0 Å². The number of hydrogen-bond donors (Lipinski definition) is 0. The summed E-state index contributed by atoms with van der Waals surface area (Å²) in [6.07, 6.45) is 7.76. The van der Waals surface area contributed by atoms with Crippen LogP contribution in [0.2, 0.25) is 0 Å². The van der Waals surface area contributed by atoms with E-state index >= 15 is 0 Å². The molecule has 6 heteroatoms. The van der Waals surface area contributed by atoms with Crippen molar-refractivity contribution in [2.24, 2.45) is 0 Å². The third kappa shape index (κ3) is 4.53. The number of ether oxygens (including phenoxy) is 2. The van der Waals surface area contributed by atoms with Crippen molar-refractivity contribution in [1.29, 1.82) is 0 Å². The molecule has 1 aliphatic heterocycles. The Bertz CT molecular complexity index is 662. The maximum Gasteiger partial charge on any atom is 0.224 e. The SMILES string of the molecule is COc1ccc(OC2CCN(C(=O)C[C@@H](C)n3ccnc3)CC2)cc1. The first-order valence-electron chi connectivity index (χ1n) is 8.71. The lowest BCUT2D eigenvalue weighted by atomic mass is 10.1. The summed E-state index contributed by atoms with van der Waals surface area (Å²) in [5.74, 6) is 1.86. The van der Waals surface area contributed by atoms with Crippen LogP contribution in [-0.2, 0) is 4.79 Å². The number of nitrogens with zero attached hydrogens (tertiary/aromatic N) is 3. The van der Waals surface area contributed by atoms with Crippen molar-refractivity contribution in [3.63, 3.8) is 0 Å². The maximum atomic E-state index is 12.5. The van der Waals surface area contributed by atoms with Gasteiger partial charge in [-0.1, -0.05) is 0 Å². The van der Waals surface area contributed by atoms with Crippen LogP contribution in [0.4, 0.5) is 0 Å². The van der Waals surface area contributed by atoms with Crippen LogP contribution in [0.5, 0.6) is 11.5 Å². The largest absolute Gasteiger partial charge is 0.497 e. The fraction of sp³-hybridized carbons (Fsp3) is 0.474. The van der Waals surface area contributed by atoms with Gasteiger partial charge in [0.1, 0.15) is 17.6 Å². The number of hydrogen-bond acceptors (Lipinski definition) is 4. The van der Waals surface area contributed by atoms with Gasteiger partial charge in [0.2, 0.25) is 5.91 Å². The molecule has 0 spiro atoms. The van der Waals surface area contributed by atoms with Crippen LogP contribution in [0.15, 0.2) is 43.0 Å². The van der Waals surface area contributed by atoms with E-state index in [1.807, 2.05) is 46.9 Å². The van der Waals surface area contributed by atoms with Gasteiger partial charge in [-0.2, -0.15) is 0 Å². The van der Waals surface area contributed by atoms with E-state index in [0.717, 1.165) is 37.4 Å². The average Bonchev–Trinajstić information content (AvgIpc) is 3.18. The maximum absolute atomic E-state index is 12.5. The number of rotatable bonds is 6. The number of carbonyl (C=O) groups excluding carboxylic acids is 1. The Kier molecular flexibility index (Phi) is 5.58. The van der Waals surface area contributed by atoms with E-state index in [0.29, 0.717) is 6.42 Å². The Balaban J connectivity index is 1.45. The number of imidazole rings is 1. The summed E-state index contributed by atoms with van der Waals surface area (Å²) in [5.41, 5.74) is 0. The van der Waals surface area contributed by atoms with Gasteiger partial charge in [-0.05, 0) is 31.2 Å². The number of amides is 1. The van der Waals surface area contributed by atoms with Gasteiger partial charge in [0.25, 0.3) is 0 Å². The molecule has 2 heterocycles. The van der Waals surface area contributed by atoms with Crippen molar-refractivity contribution in [3.05, 3.63) is 43.0 Å². The molecule has 134 valence electrons. The molecule has 0 unspecified atom stereocenters. The molecule has 1 atom stereocenters. The molecule has 25 heavy (non-hydrogen) atoms. The van der Waals surface area contributed by atoms with Crippen molar-refractivity contribution < 1.29 is 14.3 Å². The first-order valence-corrected chi connectivity index (χ1v) is 8.71. The number of methoxy groups -OCH3 is 1. The summed E-state index contributed by atoms with van der Waals surface area (Å²) in [4.78, 5) is 18.5. The van der Waals surface area contributed by atoms with Crippen LogP contribution in [0.25, 0.3) is 0 Å². The average molecular weight is 343 g/mol. The zero-order chi connectivity index (χ0) is 17.6. The van der Waals surface area contributed by atoms with Gasteiger partial charge in [0.15, 0.2) is 0 Å². The number of likely N-dealkylation sites (tertiary alicyclic amines) is 1. The first kappa shape index (κ1) is 17.3. The van der Waals surface area contributed by atoms with Crippen molar-refractivity contribution in [2.75, 3.05) is 20.2 Å². The highest BCUT2D eigenvalue weighted by Gasteiger charge is 2.25. The Morgan fingerprint density at radius 3 is 2.52 bits per heavy atom. The number of carbonyl (C=O) groups is 1. The zero-order valence-corrected chi connectivity index (χ0v) is 14.8. The van der Waals surface area contributed by atoms with Crippen LogP contribution in [-0.4, -0.2) is 46.7 Å². The summed E-state index contributed by atoms with van der Waals surface area (Å²) < 4.78 is 13.1. The highest BCUT2D eigenvalue weighted by Crippen LogP contribution is 2.22. The molecule has 0 saturated carbocycles. The van der Waals surface area contributed by atoms with Crippen molar-refractivity contribution in [1.82, 2.24) is 14.5 Å². The van der Waals surface area contributed by atoms with Gasteiger partial charge in [-0.3, -0.25) is 4.79 Å². The third-order valence-electron chi connectivity index (χ3n) is 4.66. The minimum absolute atomic E-state index is 0.128. The van der Waals surface area contributed by atoms with E-state index < -0.39 is 0 Å². The van der Waals surface area contributed by atoms with Crippen LogP contribution in [0.1, 0.15) is 32.2 Å². The second kappa shape index (κ2) is 8.05. The monoisotopic (exact) mass is 343 g/mol. The van der Waals surface area contributed by atoms with Gasteiger partial charge >= 0.3 is 0 Å². The molecular weight excluding hydrogens is 318 g/mol. The van der Waals surface area contributed by atoms with Crippen molar-refractivity contribution in [3.8, 4) is 11.5 Å². The number of piperidine rings is 1. The molecule has 1 fully saturated rings. The second-order valence-electron chi connectivity index (χ2n) is 6.44. The Hall–Kier alpha value is -2.50. The third-order valence-corrected chi connectivity index (χ3v) is 4.66. The fourth-order valence-electron chi connectivity index (χ4n) is 3.09. The summed E-state index contributed by atoms with van der Waals surface area (Å²) >= 11 is 0. The molecule has 1 aromatic heterocycles. The normalized spacial score (nSPS) is 16.5. The standard InChI is InChI=1S/C19H25N3O3/c1-15(22-12-9-20-14-22)13-19(23)21-10-7-18(8-11-21)25-17-5-3-16(24-2)4-6-17/h3-6,9,12,14-15,18H,7-8,10-11,13H2,1-2H3/t15-/m1/s1. The summed E-state index contributed by atoms with van der Waals surface area (Å²) in [5, 5.41) is 0. The lowest BCUT2D eigenvalue weighted by Gasteiger charge is -2.33. The Morgan fingerprint density at radius 2 is 1.92 bits per heavy atom. The van der Waals surface area contributed by atoms with Crippen molar-refractivity contribution in [2.45, 2.75) is 38.3 Å². The lowest BCUT2D eigenvalue weighted by Crippen LogP contribution is -2.42. The van der Waals surface area contributed by atoms with Crippen molar-refractivity contribution >= 4 is 5.91 Å². The molecule has 0 aliphatic carbocycles. The molecular formula is C19H25N3O3.